The number of carbonyl (C=O) groups is 2. The Balaban J connectivity index is 1.98. The Labute approximate surface area is 197 Å². The van der Waals surface area contributed by atoms with Crippen molar-refractivity contribution < 1.29 is 33.8 Å². The zero-order chi connectivity index (χ0) is 24.5. The van der Waals surface area contributed by atoms with Crippen molar-refractivity contribution >= 4 is 23.5 Å². The predicted molar refractivity (Wildman–Crippen MR) is 122 cm³/mol. The summed E-state index contributed by atoms with van der Waals surface area (Å²) in [5.74, 6) is -1.29. The summed E-state index contributed by atoms with van der Waals surface area (Å²) < 4.78 is 10.7. The molecule has 1 fully saturated rings. The SMILES string of the molecule is CO/N=C(/C(=O)O)c1ccccc1/C(=N\OC(CC(=O)OC)c1ccc(C)nc1)OCC1CC1. The van der Waals surface area contributed by atoms with Gasteiger partial charge in [0.05, 0.1) is 20.1 Å². The summed E-state index contributed by atoms with van der Waals surface area (Å²) in [7, 11) is 2.55. The lowest BCUT2D eigenvalue weighted by molar-refractivity contribution is -0.144. The van der Waals surface area contributed by atoms with Gasteiger partial charge >= 0.3 is 11.9 Å². The van der Waals surface area contributed by atoms with Crippen LogP contribution in [0.4, 0.5) is 0 Å². The molecule has 180 valence electrons. The van der Waals surface area contributed by atoms with Crippen LogP contribution in [0.25, 0.3) is 0 Å². The monoisotopic (exact) mass is 469 g/mol. The lowest BCUT2D eigenvalue weighted by Gasteiger charge is -2.17. The minimum atomic E-state index is -1.27. The maximum atomic E-state index is 12.0. The summed E-state index contributed by atoms with van der Waals surface area (Å²) in [6.45, 7) is 2.24. The number of aromatic nitrogens is 1. The lowest BCUT2D eigenvalue weighted by Crippen LogP contribution is -2.21. The van der Waals surface area contributed by atoms with E-state index in [-0.39, 0.29) is 23.6 Å². The van der Waals surface area contributed by atoms with Crippen molar-refractivity contribution in [1.82, 2.24) is 4.98 Å². The largest absolute Gasteiger partial charge is 0.476 e. The number of carboxylic acids is 1. The number of carbonyl (C=O) groups excluding carboxylic acids is 1. The highest BCUT2D eigenvalue weighted by molar-refractivity contribution is 6.43. The quantitative estimate of drug-likeness (QED) is 0.230. The molecule has 1 unspecified atom stereocenters. The standard InChI is InChI=1S/C24H27N3O7/c1-15-8-11-17(13-25-15)20(12-21(28)31-2)34-27-23(33-14-16-9-10-16)19-7-5-4-6-18(19)22(24(29)30)26-32-3/h4-8,11,13,16,20H,9-10,12,14H2,1-3H3,(H,29,30)/b26-22+,27-23+. The second-order valence-corrected chi connectivity index (χ2v) is 7.73. The number of benzene rings is 1. The number of oxime groups is 2. The van der Waals surface area contributed by atoms with Gasteiger partial charge in [-0.1, -0.05) is 29.4 Å². The van der Waals surface area contributed by atoms with Crippen LogP contribution in [0.5, 0.6) is 0 Å². The van der Waals surface area contributed by atoms with Crippen molar-refractivity contribution in [2.45, 2.75) is 32.3 Å². The summed E-state index contributed by atoms with van der Waals surface area (Å²) in [4.78, 5) is 38.5. The second-order valence-electron chi connectivity index (χ2n) is 7.73. The van der Waals surface area contributed by atoms with Crippen LogP contribution < -0.4 is 0 Å². The summed E-state index contributed by atoms with van der Waals surface area (Å²) >= 11 is 0. The number of methoxy groups -OCH3 is 1. The van der Waals surface area contributed by atoms with Crippen LogP contribution >= 0.6 is 0 Å². The highest BCUT2D eigenvalue weighted by atomic mass is 16.7. The van der Waals surface area contributed by atoms with Crippen molar-refractivity contribution in [3.63, 3.8) is 0 Å². The Hall–Kier alpha value is -3.95. The molecule has 3 rings (SSSR count). The molecule has 0 aliphatic heterocycles. The van der Waals surface area contributed by atoms with Crippen LogP contribution in [0, 0.1) is 12.8 Å². The number of hydrogen-bond acceptors (Lipinski definition) is 9. The van der Waals surface area contributed by atoms with Gasteiger partial charge in [-0.15, -0.1) is 0 Å². The van der Waals surface area contributed by atoms with Crippen LogP contribution in [0.3, 0.4) is 0 Å². The Morgan fingerprint density at radius 2 is 1.85 bits per heavy atom. The number of ether oxygens (including phenoxy) is 2. The van der Waals surface area contributed by atoms with E-state index in [1.807, 2.05) is 6.92 Å². The fourth-order valence-electron chi connectivity index (χ4n) is 3.04. The number of nitrogens with zero attached hydrogens (tertiary/aromatic N) is 3. The van der Waals surface area contributed by atoms with Crippen molar-refractivity contribution in [3.8, 4) is 0 Å². The molecule has 0 bridgehead atoms. The van der Waals surface area contributed by atoms with Gasteiger partial charge in [-0.2, -0.15) is 0 Å². The second kappa shape index (κ2) is 11.8. The van der Waals surface area contributed by atoms with E-state index in [4.69, 9.17) is 19.1 Å². The summed E-state index contributed by atoms with van der Waals surface area (Å²) in [5, 5.41) is 17.5. The molecular formula is C24H27N3O7. The number of carboxylic acid groups (broad SMARTS) is 1. The molecule has 1 aromatic carbocycles. The third kappa shape index (κ3) is 6.77. The Morgan fingerprint density at radius 3 is 2.44 bits per heavy atom. The maximum Gasteiger partial charge on any atom is 0.358 e. The molecule has 10 heteroatoms. The van der Waals surface area contributed by atoms with Gasteiger partial charge in [-0.05, 0) is 43.0 Å². The van der Waals surface area contributed by atoms with E-state index >= 15 is 0 Å². The average Bonchev–Trinajstić information content (AvgIpc) is 3.66. The molecule has 0 saturated heterocycles. The van der Waals surface area contributed by atoms with E-state index in [2.05, 4.69) is 15.3 Å². The van der Waals surface area contributed by atoms with Crippen LogP contribution in [-0.2, 0) is 28.7 Å². The van der Waals surface area contributed by atoms with Crippen LogP contribution in [0.15, 0.2) is 52.9 Å². The molecule has 1 aromatic heterocycles. The highest BCUT2D eigenvalue weighted by Gasteiger charge is 2.27. The molecule has 10 nitrogen and oxygen atoms in total. The van der Waals surface area contributed by atoms with Gasteiger partial charge in [-0.25, -0.2) is 4.79 Å². The van der Waals surface area contributed by atoms with Gasteiger partial charge in [0.25, 0.3) is 5.90 Å². The molecule has 0 amide bonds. The van der Waals surface area contributed by atoms with Crippen molar-refractivity contribution in [2.75, 3.05) is 20.8 Å². The summed E-state index contributed by atoms with van der Waals surface area (Å²) in [6, 6.07) is 10.2. The van der Waals surface area contributed by atoms with E-state index in [1.165, 1.54) is 14.2 Å². The van der Waals surface area contributed by atoms with E-state index in [0.29, 0.717) is 23.7 Å². The van der Waals surface area contributed by atoms with Crippen LogP contribution in [-0.4, -0.2) is 54.5 Å². The Bertz CT molecular complexity index is 1060. The Morgan fingerprint density at radius 1 is 1.12 bits per heavy atom. The minimum absolute atomic E-state index is 0.0717. The normalized spacial score (nSPS) is 14.8. The molecule has 0 radical (unpaired) electrons. The summed E-state index contributed by atoms with van der Waals surface area (Å²) in [5.41, 5.74) is 1.73. The van der Waals surface area contributed by atoms with E-state index in [1.54, 1.807) is 42.6 Å². The average molecular weight is 469 g/mol. The topological polar surface area (TPSA) is 129 Å². The van der Waals surface area contributed by atoms with Gasteiger partial charge < -0.3 is 24.3 Å². The predicted octanol–water partition coefficient (Wildman–Crippen LogP) is 3.23. The van der Waals surface area contributed by atoms with Crippen LogP contribution in [0.2, 0.25) is 0 Å². The first-order chi connectivity index (χ1) is 16.4. The molecular weight excluding hydrogens is 442 g/mol. The first-order valence-corrected chi connectivity index (χ1v) is 10.7. The fourth-order valence-corrected chi connectivity index (χ4v) is 3.04. The molecule has 1 heterocycles. The van der Waals surface area contributed by atoms with Gasteiger partial charge in [-0.3, -0.25) is 9.78 Å². The molecule has 34 heavy (non-hydrogen) atoms. The zero-order valence-corrected chi connectivity index (χ0v) is 19.3. The van der Waals surface area contributed by atoms with Crippen molar-refractivity contribution in [2.24, 2.45) is 16.2 Å². The molecule has 1 atom stereocenters. The van der Waals surface area contributed by atoms with Crippen molar-refractivity contribution in [3.05, 3.63) is 65.0 Å². The van der Waals surface area contributed by atoms with E-state index < -0.39 is 18.0 Å². The molecule has 1 aliphatic carbocycles. The number of hydrogen-bond donors (Lipinski definition) is 1. The molecule has 0 spiro atoms. The van der Waals surface area contributed by atoms with E-state index in [0.717, 1.165) is 18.5 Å². The van der Waals surface area contributed by atoms with Gasteiger partial charge in [0.2, 0.25) is 0 Å². The Kier molecular flexibility index (Phi) is 8.55. The van der Waals surface area contributed by atoms with Gasteiger partial charge in [0.1, 0.15) is 7.11 Å². The number of aryl methyl sites for hydroxylation is 1. The number of rotatable bonds is 11. The van der Waals surface area contributed by atoms with Gasteiger partial charge in [0, 0.05) is 28.6 Å². The van der Waals surface area contributed by atoms with E-state index in [9.17, 15) is 14.7 Å². The third-order valence-electron chi connectivity index (χ3n) is 5.10. The first kappa shape index (κ1) is 24.7. The first-order valence-electron chi connectivity index (χ1n) is 10.7. The molecule has 1 saturated carbocycles. The van der Waals surface area contributed by atoms with Gasteiger partial charge in [0.15, 0.2) is 11.8 Å². The lowest BCUT2D eigenvalue weighted by atomic mass is 10.0. The molecule has 1 N–H and O–H groups in total. The third-order valence-corrected chi connectivity index (χ3v) is 5.10. The number of pyridine rings is 1. The fraction of sp³-hybridized carbons (Fsp3) is 0.375. The maximum absolute atomic E-state index is 12.0. The highest BCUT2D eigenvalue weighted by Crippen LogP contribution is 2.30. The summed E-state index contributed by atoms with van der Waals surface area (Å²) in [6.07, 6.45) is 2.79. The zero-order valence-electron chi connectivity index (χ0n) is 19.3. The van der Waals surface area contributed by atoms with Crippen LogP contribution in [0.1, 0.15) is 47.8 Å². The number of aliphatic carboxylic acids is 1. The van der Waals surface area contributed by atoms with Crippen molar-refractivity contribution in [1.29, 1.82) is 0 Å². The smallest absolute Gasteiger partial charge is 0.358 e. The molecule has 2 aromatic rings. The molecule has 1 aliphatic rings. The number of esters is 1. The minimum Gasteiger partial charge on any atom is -0.476 e.